The summed E-state index contributed by atoms with van der Waals surface area (Å²) in [5.74, 6) is 0.107. The SMILES string of the molecule is Cc1cc2nc(C)c(CCC(=O)Nc3ccc(N4CCCC4=O)cc3)c(C)n2n1. The molecule has 2 amide bonds. The predicted molar refractivity (Wildman–Crippen MR) is 112 cm³/mol. The number of fused-ring (bicyclic) bond motifs is 1. The van der Waals surface area contributed by atoms with Gasteiger partial charge in [0.25, 0.3) is 0 Å². The highest BCUT2D eigenvalue weighted by molar-refractivity contribution is 5.96. The first kappa shape index (κ1) is 19.1. The molecule has 0 spiro atoms. The van der Waals surface area contributed by atoms with Gasteiger partial charge in [0.1, 0.15) is 0 Å². The lowest BCUT2D eigenvalue weighted by atomic mass is 10.1. The number of carbonyl (C=O) groups is 2. The van der Waals surface area contributed by atoms with Gasteiger partial charge in [-0.3, -0.25) is 9.59 Å². The number of aromatic nitrogens is 3. The number of anilines is 2. The Bertz CT molecular complexity index is 1080. The van der Waals surface area contributed by atoms with Crippen molar-refractivity contribution in [3.8, 4) is 0 Å². The zero-order chi connectivity index (χ0) is 20.5. The molecule has 3 aromatic rings. The Morgan fingerprint density at radius 3 is 2.62 bits per heavy atom. The van der Waals surface area contributed by atoms with Gasteiger partial charge in [-0.25, -0.2) is 9.50 Å². The average molecular weight is 391 g/mol. The van der Waals surface area contributed by atoms with Gasteiger partial charge >= 0.3 is 0 Å². The van der Waals surface area contributed by atoms with Crippen LogP contribution >= 0.6 is 0 Å². The largest absolute Gasteiger partial charge is 0.326 e. The third kappa shape index (κ3) is 3.85. The number of aryl methyl sites for hydroxylation is 3. The first-order valence-electron chi connectivity index (χ1n) is 9.95. The molecule has 7 nitrogen and oxygen atoms in total. The molecule has 1 aromatic carbocycles. The van der Waals surface area contributed by atoms with Crippen LogP contribution in [-0.4, -0.2) is 33.0 Å². The van der Waals surface area contributed by atoms with E-state index in [2.05, 4.69) is 15.4 Å². The van der Waals surface area contributed by atoms with Gasteiger partial charge in [0.15, 0.2) is 5.65 Å². The van der Waals surface area contributed by atoms with Crippen molar-refractivity contribution < 1.29 is 9.59 Å². The summed E-state index contributed by atoms with van der Waals surface area (Å²) in [7, 11) is 0. The van der Waals surface area contributed by atoms with Crippen molar-refractivity contribution in [3.05, 3.63) is 53.0 Å². The standard InChI is InChI=1S/C22H25N5O2/c1-14-13-20-23-15(2)19(16(3)27(20)25-14)10-11-21(28)24-17-6-8-18(9-7-17)26-12-4-5-22(26)29/h6-9,13H,4-5,10-12H2,1-3H3,(H,24,28). The van der Waals surface area contributed by atoms with Gasteiger partial charge in [-0.2, -0.15) is 5.10 Å². The van der Waals surface area contributed by atoms with E-state index >= 15 is 0 Å². The quantitative estimate of drug-likeness (QED) is 0.723. The van der Waals surface area contributed by atoms with Crippen molar-refractivity contribution in [2.45, 2.75) is 46.5 Å². The van der Waals surface area contributed by atoms with Gasteiger partial charge in [-0.05, 0) is 63.4 Å². The number of rotatable bonds is 5. The second-order valence-electron chi connectivity index (χ2n) is 7.56. The molecule has 3 heterocycles. The summed E-state index contributed by atoms with van der Waals surface area (Å²) in [6, 6.07) is 9.40. The number of carbonyl (C=O) groups excluding carboxylic acids is 2. The molecule has 1 fully saturated rings. The van der Waals surface area contributed by atoms with E-state index in [1.807, 2.05) is 55.6 Å². The van der Waals surface area contributed by atoms with Crippen LogP contribution in [0.3, 0.4) is 0 Å². The van der Waals surface area contributed by atoms with Crippen molar-refractivity contribution in [2.75, 3.05) is 16.8 Å². The number of hydrogen-bond donors (Lipinski definition) is 1. The number of benzene rings is 1. The van der Waals surface area contributed by atoms with E-state index in [0.717, 1.165) is 52.6 Å². The van der Waals surface area contributed by atoms with Crippen LogP contribution in [0.25, 0.3) is 5.65 Å². The molecule has 29 heavy (non-hydrogen) atoms. The van der Waals surface area contributed by atoms with Gasteiger partial charge < -0.3 is 10.2 Å². The Morgan fingerprint density at radius 1 is 1.17 bits per heavy atom. The Morgan fingerprint density at radius 2 is 1.93 bits per heavy atom. The van der Waals surface area contributed by atoms with Crippen LogP contribution in [0.15, 0.2) is 30.3 Å². The maximum absolute atomic E-state index is 12.5. The van der Waals surface area contributed by atoms with Crippen molar-refractivity contribution in [2.24, 2.45) is 0 Å². The molecule has 0 unspecified atom stereocenters. The summed E-state index contributed by atoms with van der Waals surface area (Å²) < 4.78 is 1.84. The van der Waals surface area contributed by atoms with Crippen LogP contribution in [0.1, 0.15) is 41.9 Å². The third-order valence-corrected chi connectivity index (χ3v) is 5.42. The summed E-state index contributed by atoms with van der Waals surface area (Å²) in [6.07, 6.45) is 2.47. The number of nitrogens with one attached hydrogen (secondary N) is 1. The second kappa shape index (κ2) is 7.66. The minimum Gasteiger partial charge on any atom is -0.326 e. The molecule has 0 saturated carbocycles. The molecule has 7 heteroatoms. The smallest absolute Gasteiger partial charge is 0.227 e. The molecule has 1 N–H and O–H groups in total. The molecular formula is C22H25N5O2. The topological polar surface area (TPSA) is 79.6 Å². The van der Waals surface area contributed by atoms with Crippen LogP contribution in [-0.2, 0) is 16.0 Å². The monoisotopic (exact) mass is 391 g/mol. The van der Waals surface area contributed by atoms with E-state index in [1.54, 1.807) is 4.90 Å². The number of hydrogen-bond acceptors (Lipinski definition) is 4. The Kier molecular flexibility index (Phi) is 5.05. The molecule has 150 valence electrons. The zero-order valence-electron chi connectivity index (χ0n) is 17.0. The Balaban J connectivity index is 1.40. The number of nitrogens with zero attached hydrogens (tertiary/aromatic N) is 4. The lowest BCUT2D eigenvalue weighted by Crippen LogP contribution is -2.23. The van der Waals surface area contributed by atoms with Crippen LogP contribution in [0.4, 0.5) is 11.4 Å². The Labute approximate surface area is 169 Å². The minimum absolute atomic E-state index is 0.0504. The van der Waals surface area contributed by atoms with Crippen LogP contribution in [0, 0.1) is 20.8 Å². The molecule has 2 aromatic heterocycles. The van der Waals surface area contributed by atoms with Gasteiger partial charge in [0.05, 0.1) is 5.69 Å². The van der Waals surface area contributed by atoms with Crippen LogP contribution < -0.4 is 10.2 Å². The third-order valence-electron chi connectivity index (χ3n) is 5.42. The zero-order valence-corrected chi connectivity index (χ0v) is 17.0. The molecule has 1 aliphatic heterocycles. The highest BCUT2D eigenvalue weighted by Crippen LogP contribution is 2.23. The van der Waals surface area contributed by atoms with E-state index in [1.165, 1.54) is 0 Å². The molecular weight excluding hydrogens is 366 g/mol. The summed E-state index contributed by atoms with van der Waals surface area (Å²) in [6.45, 7) is 6.69. The van der Waals surface area contributed by atoms with Crippen molar-refractivity contribution >= 4 is 28.8 Å². The molecule has 0 aliphatic carbocycles. The van der Waals surface area contributed by atoms with Gasteiger partial charge in [0, 0.05) is 48.2 Å². The summed E-state index contributed by atoms with van der Waals surface area (Å²) in [4.78, 5) is 30.7. The lowest BCUT2D eigenvalue weighted by molar-refractivity contribution is -0.117. The molecule has 0 radical (unpaired) electrons. The number of amides is 2. The lowest BCUT2D eigenvalue weighted by Gasteiger charge is -2.16. The summed E-state index contributed by atoms with van der Waals surface area (Å²) >= 11 is 0. The molecule has 0 bridgehead atoms. The van der Waals surface area contributed by atoms with Crippen molar-refractivity contribution in [3.63, 3.8) is 0 Å². The molecule has 4 rings (SSSR count). The van der Waals surface area contributed by atoms with Gasteiger partial charge in [-0.1, -0.05) is 0 Å². The van der Waals surface area contributed by atoms with Gasteiger partial charge in [-0.15, -0.1) is 0 Å². The first-order valence-corrected chi connectivity index (χ1v) is 9.95. The predicted octanol–water partition coefficient (Wildman–Crippen LogP) is 3.35. The maximum atomic E-state index is 12.5. The average Bonchev–Trinajstić information content (AvgIpc) is 3.27. The van der Waals surface area contributed by atoms with Crippen LogP contribution in [0.5, 0.6) is 0 Å². The molecule has 1 saturated heterocycles. The summed E-state index contributed by atoms with van der Waals surface area (Å²) in [5, 5.41) is 7.42. The molecule has 0 atom stereocenters. The fraction of sp³-hybridized carbons (Fsp3) is 0.364. The highest BCUT2D eigenvalue weighted by Gasteiger charge is 2.21. The minimum atomic E-state index is -0.0504. The summed E-state index contributed by atoms with van der Waals surface area (Å²) in [5.41, 5.74) is 6.38. The van der Waals surface area contributed by atoms with Crippen molar-refractivity contribution in [1.29, 1.82) is 0 Å². The van der Waals surface area contributed by atoms with E-state index < -0.39 is 0 Å². The van der Waals surface area contributed by atoms with E-state index in [-0.39, 0.29) is 11.8 Å². The van der Waals surface area contributed by atoms with Crippen molar-refractivity contribution in [1.82, 2.24) is 14.6 Å². The van der Waals surface area contributed by atoms with E-state index in [0.29, 0.717) is 19.3 Å². The highest BCUT2D eigenvalue weighted by atomic mass is 16.2. The second-order valence-corrected chi connectivity index (χ2v) is 7.56. The fourth-order valence-electron chi connectivity index (χ4n) is 3.91. The Hall–Kier alpha value is -3.22. The van der Waals surface area contributed by atoms with E-state index in [4.69, 9.17) is 0 Å². The van der Waals surface area contributed by atoms with E-state index in [9.17, 15) is 9.59 Å². The van der Waals surface area contributed by atoms with Gasteiger partial charge in [0.2, 0.25) is 11.8 Å². The molecule has 1 aliphatic rings. The van der Waals surface area contributed by atoms with Crippen LogP contribution in [0.2, 0.25) is 0 Å². The normalized spacial score (nSPS) is 14.0. The fourth-order valence-corrected chi connectivity index (χ4v) is 3.91. The maximum Gasteiger partial charge on any atom is 0.227 e. The first-order chi connectivity index (χ1) is 13.9.